The molecule has 6 aromatic rings. The number of nitrogens with two attached hydrogens (primary N) is 1. The van der Waals surface area contributed by atoms with Gasteiger partial charge < -0.3 is 11.1 Å². The van der Waals surface area contributed by atoms with Crippen LogP contribution in [0.1, 0.15) is 21.5 Å². The van der Waals surface area contributed by atoms with Gasteiger partial charge >= 0.3 is 0 Å². The Kier molecular flexibility index (Phi) is 5.54. The normalized spacial score (nSPS) is 11.2. The Morgan fingerprint density at radius 2 is 1.73 bits per heavy atom. The number of nitrogens with zero attached hydrogens (tertiary/aromatic N) is 5. The number of anilines is 1. The average molecular weight is 486 g/mol. The lowest BCUT2D eigenvalue weighted by molar-refractivity contribution is 0.0951. The molecule has 0 saturated carbocycles. The van der Waals surface area contributed by atoms with Crippen molar-refractivity contribution in [1.29, 1.82) is 0 Å². The first-order valence-corrected chi connectivity index (χ1v) is 11.8. The highest BCUT2D eigenvalue weighted by Crippen LogP contribution is 2.30. The predicted molar refractivity (Wildman–Crippen MR) is 144 cm³/mol. The Morgan fingerprint density at radius 3 is 2.57 bits per heavy atom. The monoisotopic (exact) mass is 485 g/mol. The van der Waals surface area contributed by atoms with E-state index < -0.39 is 0 Å². The predicted octanol–water partition coefficient (Wildman–Crippen LogP) is 4.85. The molecule has 0 unspecified atom stereocenters. The van der Waals surface area contributed by atoms with Gasteiger partial charge in [-0.1, -0.05) is 18.2 Å². The van der Waals surface area contributed by atoms with E-state index in [9.17, 15) is 4.79 Å². The molecule has 0 saturated heterocycles. The summed E-state index contributed by atoms with van der Waals surface area (Å²) in [5.41, 5.74) is 12.8. The molecule has 0 aliphatic heterocycles. The number of hydrogen-bond donors (Lipinski definition) is 2. The molecule has 2 aromatic carbocycles. The summed E-state index contributed by atoms with van der Waals surface area (Å²) in [5, 5.41) is 3.93. The van der Waals surface area contributed by atoms with E-state index in [2.05, 4.69) is 20.3 Å². The Balaban J connectivity index is 1.28. The van der Waals surface area contributed by atoms with Crippen LogP contribution in [0.25, 0.3) is 39.1 Å². The van der Waals surface area contributed by atoms with Crippen molar-refractivity contribution >= 4 is 33.8 Å². The molecule has 0 fully saturated rings. The second-order valence-electron chi connectivity index (χ2n) is 8.82. The summed E-state index contributed by atoms with van der Waals surface area (Å²) in [6.07, 6.45) is 5.22. The molecule has 4 aromatic heterocycles. The van der Waals surface area contributed by atoms with Crippen LogP contribution < -0.4 is 11.1 Å². The largest absolute Gasteiger partial charge is 0.383 e. The van der Waals surface area contributed by atoms with E-state index in [1.807, 2.05) is 84.4 Å². The fourth-order valence-corrected chi connectivity index (χ4v) is 4.36. The van der Waals surface area contributed by atoms with Crippen LogP contribution in [0.15, 0.2) is 91.4 Å². The Hall–Kier alpha value is -5.11. The lowest BCUT2D eigenvalue weighted by atomic mass is 10.1. The van der Waals surface area contributed by atoms with E-state index in [0.29, 0.717) is 23.8 Å². The first kappa shape index (κ1) is 22.4. The quantitative estimate of drug-likeness (QED) is 0.361. The van der Waals surface area contributed by atoms with Crippen molar-refractivity contribution in [2.24, 2.45) is 0 Å². The van der Waals surface area contributed by atoms with Gasteiger partial charge in [0.05, 0.1) is 11.1 Å². The molecule has 180 valence electrons. The number of imidazole rings is 1. The maximum atomic E-state index is 12.8. The second kappa shape index (κ2) is 9.16. The third-order valence-corrected chi connectivity index (χ3v) is 6.23. The number of pyridine rings is 3. The van der Waals surface area contributed by atoms with Crippen LogP contribution in [-0.2, 0) is 6.54 Å². The number of carbonyl (C=O) groups excluding carboxylic acids is 1. The van der Waals surface area contributed by atoms with Gasteiger partial charge in [-0.3, -0.25) is 14.3 Å². The highest BCUT2D eigenvalue weighted by Gasteiger charge is 2.18. The van der Waals surface area contributed by atoms with Crippen molar-refractivity contribution in [3.8, 4) is 17.1 Å². The van der Waals surface area contributed by atoms with Gasteiger partial charge in [0.25, 0.3) is 5.91 Å². The molecule has 1 amide bonds. The number of aryl methyl sites for hydroxylation is 1. The van der Waals surface area contributed by atoms with Gasteiger partial charge in [-0.15, -0.1) is 0 Å². The first-order chi connectivity index (χ1) is 18.1. The van der Waals surface area contributed by atoms with E-state index in [1.165, 1.54) is 0 Å². The molecule has 0 spiro atoms. The highest BCUT2D eigenvalue weighted by atomic mass is 16.1. The molecule has 8 heteroatoms. The van der Waals surface area contributed by atoms with Gasteiger partial charge in [0, 0.05) is 41.8 Å². The molecule has 4 heterocycles. The summed E-state index contributed by atoms with van der Waals surface area (Å²) >= 11 is 0. The molecule has 3 N–H and O–H groups in total. The van der Waals surface area contributed by atoms with Crippen LogP contribution in [0.4, 0.5) is 5.82 Å². The van der Waals surface area contributed by atoms with E-state index in [1.54, 1.807) is 18.5 Å². The smallest absolute Gasteiger partial charge is 0.251 e. The van der Waals surface area contributed by atoms with Gasteiger partial charge in [0.15, 0.2) is 11.5 Å². The summed E-state index contributed by atoms with van der Waals surface area (Å²) in [6, 6.07) is 23.0. The minimum Gasteiger partial charge on any atom is -0.383 e. The fourth-order valence-electron chi connectivity index (χ4n) is 4.36. The zero-order valence-corrected chi connectivity index (χ0v) is 20.1. The van der Waals surface area contributed by atoms with Crippen LogP contribution in [0.3, 0.4) is 0 Å². The minimum absolute atomic E-state index is 0.135. The van der Waals surface area contributed by atoms with Crippen molar-refractivity contribution in [2.75, 3.05) is 5.73 Å². The molecule has 0 aliphatic rings. The second-order valence-corrected chi connectivity index (χ2v) is 8.82. The first-order valence-electron chi connectivity index (χ1n) is 11.8. The number of nitrogens with one attached hydrogen (secondary N) is 1. The fraction of sp³-hybridized carbons (Fsp3) is 0.0690. The summed E-state index contributed by atoms with van der Waals surface area (Å²) < 4.78 is 1.98. The van der Waals surface area contributed by atoms with Crippen molar-refractivity contribution < 1.29 is 4.79 Å². The highest BCUT2D eigenvalue weighted by molar-refractivity contribution is 5.97. The Morgan fingerprint density at radius 1 is 0.919 bits per heavy atom. The van der Waals surface area contributed by atoms with Crippen LogP contribution >= 0.6 is 0 Å². The van der Waals surface area contributed by atoms with Crippen LogP contribution in [-0.4, -0.2) is 30.4 Å². The molecular formula is C29H23N7O. The van der Waals surface area contributed by atoms with Crippen LogP contribution in [0.5, 0.6) is 0 Å². The summed E-state index contributed by atoms with van der Waals surface area (Å²) in [6.45, 7) is 2.39. The number of rotatable bonds is 5. The maximum Gasteiger partial charge on any atom is 0.251 e. The molecule has 0 atom stereocenters. The zero-order chi connectivity index (χ0) is 25.4. The van der Waals surface area contributed by atoms with Crippen LogP contribution in [0.2, 0.25) is 0 Å². The third-order valence-electron chi connectivity index (χ3n) is 6.23. The summed E-state index contributed by atoms with van der Waals surface area (Å²) in [7, 11) is 0. The van der Waals surface area contributed by atoms with E-state index in [4.69, 9.17) is 10.7 Å². The zero-order valence-electron chi connectivity index (χ0n) is 20.1. The average Bonchev–Trinajstić information content (AvgIpc) is 3.30. The molecular weight excluding hydrogens is 462 g/mol. The molecule has 8 nitrogen and oxygen atoms in total. The number of amides is 1. The number of carbonyl (C=O) groups is 1. The summed E-state index contributed by atoms with van der Waals surface area (Å²) in [5.74, 6) is 0.939. The topological polar surface area (TPSA) is 112 Å². The minimum atomic E-state index is -0.135. The van der Waals surface area contributed by atoms with Gasteiger partial charge in [-0.25, -0.2) is 15.0 Å². The number of hydrogen-bond acceptors (Lipinski definition) is 6. The SMILES string of the molecule is Cc1cnc2c(c1)nc(-c1cccnc1N)n2-c1ccc(CNC(=O)c2ccc3ncccc3c2)cc1. The van der Waals surface area contributed by atoms with E-state index in [0.717, 1.165) is 44.4 Å². The maximum absolute atomic E-state index is 12.8. The molecule has 0 aliphatic carbocycles. The third kappa shape index (κ3) is 4.25. The molecule has 6 rings (SSSR count). The van der Waals surface area contributed by atoms with Crippen molar-refractivity contribution in [2.45, 2.75) is 13.5 Å². The Labute approximate surface area is 212 Å². The van der Waals surface area contributed by atoms with Gasteiger partial charge in [0.2, 0.25) is 0 Å². The lowest BCUT2D eigenvalue weighted by Gasteiger charge is -2.11. The molecule has 37 heavy (non-hydrogen) atoms. The van der Waals surface area contributed by atoms with Crippen molar-refractivity contribution in [3.05, 3.63) is 108 Å². The molecule has 0 radical (unpaired) electrons. The van der Waals surface area contributed by atoms with E-state index in [-0.39, 0.29) is 5.91 Å². The standard InChI is InChI=1S/C29H23N7O/c1-18-14-25-28(33-16-18)36(27(35-25)23-5-3-13-32-26(23)30)22-9-6-19(7-10-22)17-34-29(37)21-8-11-24-20(15-21)4-2-12-31-24/h2-16H,17H2,1H3,(H2,30,32)(H,34,37). The van der Waals surface area contributed by atoms with Crippen molar-refractivity contribution in [1.82, 2.24) is 29.8 Å². The Bertz CT molecular complexity index is 1770. The van der Waals surface area contributed by atoms with Crippen LogP contribution in [0, 0.1) is 6.92 Å². The van der Waals surface area contributed by atoms with Gasteiger partial charge in [0.1, 0.15) is 11.3 Å². The van der Waals surface area contributed by atoms with Gasteiger partial charge in [-0.2, -0.15) is 0 Å². The van der Waals surface area contributed by atoms with Gasteiger partial charge in [-0.05, 0) is 72.6 Å². The number of benzene rings is 2. The summed E-state index contributed by atoms with van der Waals surface area (Å²) in [4.78, 5) is 30.8. The lowest BCUT2D eigenvalue weighted by Crippen LogP contribution is -2.22. The number of fused-ring (bicyclic) bond motifs is 2. The van der Waals surface area contributed by atoms with E-state index >= 15 is 0 Å². The van der Waals surface area contributed by atoms with Crippen molar-refractivity contribution in [3.63, 3.8) is 0 Å². The number of aromatic nitrogens is 5. The number of nitrogen functional groups attached to an aromatic ring is 1. The molecule has 0 bridgehead atoms.